The minimum atomic E-state index is -1.77. The van der Waals surface area contributed by atoms with E-state index in [1.807, 2.05) is 6.92 Å². The van der Waals surface area contributed by atoms with Crippen molar-refractivity contribution in [3.8, 4) is 0 Å². The summed E-state index contributed by atoms with van der Waals surface area (Å²) in [4.78, 5) is 0. The zero-order valence-corrected chi connectivity index (χ0v) is 28.6. The second-order valence-corrected chi connectivity index (χ2v) is 23.8. The van der Waals surface area contributed by atoms with Crippen molar-refractivity contribution in [1.29, 1.82) is 0 Å². The Labute approximate surface area is 238 Å². The molecule has 0 aromatic carbocycles. The van der Waals surface area contributed by atoms with Crippen LogP contribution < -0.4 is 0 Å². The van der Waals surface area contributed by atoms with Gasteiger partial charge in [0.2, 0.25) is 0 Å². The van der Waals surface area contributed by atoms with Crippen LogP contribution in [0, 0.1) is 34.5 Å². The average Bonchev–Trinajstić information content (AvgIpc) is 3.28. The third-order valence-electron chi connectivity index (χ3n) is 13.5. The minimum Gasteiger partial charge on any atom is -0.414 e. The van der Waals surface area contributed by atoms with Crippen molar-refractivity contribution in [2.45, 2.75) is 162 Å². The summed E-state index contributed by atoms with van der Waals surface area (Å²) >= 11 is 0. The second-order valence-electron chi connectivity index (χ2n) is 14.4. The molecule has 0 aromatic rings. The van der Waals surface area contributed by atoms with Gasteiger partial charge in [-0.2, -0.15) is 0 Å². The molecule has 0 aromatic heterocycles. The van der Waals surface area contributed by atoms with E-state index in [4.69, 9.17) is 8.85 Å². The molecule has 3 saturated carbocycles. The van der Waals surface area contributed by atoms with Crippen molar-refractivity contribution in [3.63, 3.8) is 0 Å². The van der Waals surface area contributed by atoms with Crippen molar-refractivity contribution in [2.24, 2.45) is 34.5 Å². The van der Waals surface area contributed by atoms with E-state index in [0.29, 0.717) is 29.5 Å². The lowest BCUT2D eigenvalue weighted by Gasteiger charge is -2.61. The predicted molar refractivity (Wildman–Crippen MR) is 166 cm³/mol. The first kappa shape index (κ1) is 31.0. The van der Waals surface area contributed by atoms with Gasteiger partial charge in [-0.05, 0) is 117 Å². The first-order chi connectivity index (χ1) is 18.0. The SMILES string of the molecule is CC[Si](CC)(CC)O[C@@H]1CC2=CC[C@H]3[C@@H]4CC[C@H]([C@H](C)O)[C@@]4(C)CC[C@@H]3[C@@]2(C)[C@@H](O[Si](CC)(CC)CC)C1. The summed E-state index contributed by atoms with van der Waals surface area (Å²) < 4.78 is 14.8. The number of aliphatic hydroxyl groups is 1. The molecule has 5 heteroatoms. The van der Waals surface area contributed by atoms with E-state index in [1.165, 1.54) is 68.4 Å². The molecule has 0 saturated heterocycles. The molecular formula is C33H62O3Si2. The highest BCUT2D eigenvalue weighted by Crippen LogP contribution is 2.67. The molecule has 0 radical (unpaired) electrons. The maximum atomic E-state index is 10.7. The molecule has 0 unspecified atom stereocenters. The molecule has 9 atom stereocenters. The molecule has 4 aliphatic rings. The lowest BCUT2D eigenvalue weighted by Crippen LogP contribution is -2.59. The Bertz CT molecular complexity index is 818. The fourth-order valence-electron chi connectivity index (χ4n) is 10.4. The number of hydrogen-bond donors (Lipinski definition) is 1. The summed E-state index contributed by atoms with van der Waals surface area (Å²) in [5.74, 6) is 2.67. The monoisotopic (exact) mass is 562 g/mol. The van der Waals surface area contributed by atoms with Gasteiger partial charge < -0.3 is 14.0 Å². The molecule has 0 bridgehead atoms. The zero-order valence-electron chi connectivity index (χ0n) is 26.6. The average molecular weight is 563 g/mol. The second kappa shape index (κ2) is 11.7. The topological polar surface area (TPSA) is 38.7 Å². The summed E-state index contributed by atoms with van der Waals surface area (Å²) in [6.45, 7) is 21.5. The van der Waals surface area contributed by atoms with Gasteiger partial charge in [-0.1, -0.05) is 67.0 Å². The van der Waals surface area contributed by atoms with Crippen LogP contribution in [0.3, 0.4) is 0 Å². The quantitative estimate of drug-likeness (QED) is 0.201. The van der Waals surface area contributed by atoms with Gasteiger partial charge >= 0.3 is 0 Å². The van der Waals surface area contributed by atoms with Gasteiger partial charge in [0.15, 0.2) is 16.6 Å². The van der Waals surface area contributed by atoms with Crippen LogP contribution in [0.5, 0.6) is 0 Å². The fourth-order valence-corrected chi connectivity index (χ4v) is 16.2. The fraction of sp³-hybridized carbons (Fsp3) is 0.939. The lowest BCUT2D eigenvalue weighted by molar-refractivity contribution is -0.105. The predicted octanol–water partition coefficient (Wildman–Crippen LogP) is 9.34. The Morgan fingerprint density at radius 2 is 1.45 bits per heavy atom. The number of hydrogen-bond acceptors (Lipinski definition) is 3. The van der Waals surface area contributed by atoms with Crippen LogP contribution in [-0.4, -0.2) is 40.1 Å². The van der Waals surface area contributed by atoms with E-state index >= 15 is 0 Å². The summed E-state index contributed by atoms with van der Waals surface area (Å²) in [6, 6.07) is 7.35. The Hall–Kier alpha value is 0.0538. The molecule has 4 aliphatic carbocycles. The number of rotatable bonds is 11. The van der Waals surface area contributed by atoms with Crippen molar-refractivity contribution >= 4 is 16.6 Å². The van der Waals surface area contributed by atoms with Gasteiger partial charge in [0.1, 0.15) is 0 Å². The summed E-state index contributed by atoms with van der Waals surface area (Å²) in [7, 11) is -3.44. The van der Waals surface area contributed by atoms with Crippen LogP contribution in [0.25, 0.3) is 0 Å². The number of aliphatic hydroxyl groups excluding tert-OH is 1. The number of fused-ring (bicyclic) bond motifs is 5. The van der Waals surface area contributed by atoms with E-state index in [9.17, 15) is 5.11 Å². The lowest BCUT2D eigenvalue weighted by atomic mass is 9.46. The summed E-state index contributed by atoms with van der Waals surface area (Å²) in [6.07, 6.45) is 11.7. The van der Waals surface area contributed by atoms with Crippen molar-refractivity contribution in [1.82, 2.24) is 0 Å². The smallest absolute Gasteiger partial charge is 0.192 e. The van der Waals surface area contributed by atoms with Crippen LogP contribution in [0.2, 0.25) is 36.3 Å². The maximum absolute atomic E-state index is 10.7. The summed E-state index contributed by atoms with van der Waals surface area (Å²) in [5, 5.41) is 10.7. The van der Waals surface area contributed by atoms with Crippen LogP contribution in [0.15, 0.2) is 11.6 Å². The normalized spacial score (nSPS) is 40.2. The summed E-state index contributed by atoms with van der Waals surface area (Å²) in [5.41, 5.74) is 2.13. The molecule has 3 nitrogen and oxygen atoms in total. The maximum Gasteiger partial charge on any atom is 0.192 e. The molecular weight excluding hydrogens is 501 g/mol. The number of allylic oxidation sites excluding steroid dienone is 1. The van der Waals surface area contributed by atoms with Gasteiger partial charge in [0, 0.05) is 5.41 Å². The third-order valence-corrected chi connectivity index (χ3v) is 22.8. The first-order valence-electron chi connectivity index (χ1n) is 16.7. The van der Waals surface area contributed by atoms with Crippen LogP contribution >= 0.6 is 0 Å². The Kier molecular flexibility index (Phi) is 9.58. The standard InChI is InChI=1S/C33H62O3Si2/c1-10-37(11-2,12-3)35-26-22-25-16-17-27-29-19-18-28(24(7)34)32(29,8)21-20-30(27)33(25,9)31(23-26)36-38(13-4,14-5)15-6/h16,24,26-31,34H,10-15,17-23H2,1-9H3/t24-,26+,27-,28+,29-,30-,31-,32+,33-/m0/s1. The van der Waals surface area contributed by atoms with Gasteiger partial charge in [-0.25, -0.2) is 0 Å². The van der Waals surface area contributed by atoms with E-state index in [2.05, 4.69) is 61.5 Å². The van der Waals surface area contributed by atoms with E-state index < -0.39 is 16.6 Å². The highest BCUT2D eigenvalue weighted by Gasteiger charge is 2.62. The first-order valence-corrected chi connectivity index (χ1v) is 21.8. The van der Waals surface area contributed by atoms with Gasteiger partial charge in [-0.15, -0.1) is 0 Å². The highest BCUT2D eigenvalue weighted by atomic mass is 28.4. The van der Waals surface area contributed by atoms with Crippen LogP contribution in [0.1, 0.15) is 107 Å². The Morgan fingerprint density at radius 1 is 0.868 bits per heavy atom. The molecule has 1 N–H and O–H groups in total. The van der Waals surface area contributed by atoms with Gasteiger partial charge in [0.25, 0.3) is 0 Å². The van der Waals surface area contributed by atoms with E-state index in [1.54, 1.807) is 5.57 Å². The Morgan fingerprint density at radius 3 is 2.00 bits per heavy atom. The van der Waals surface area contributed by atoms with Crippen molar-refractivity contribution < 1.29 is 14.0 Å². The molecule has 38 heavy (non-hydrogen) atoms. The molecule has 3 fully saturated rings. The van der Waals surface area contributed by atoms with Crippen molar-refractivity contribution in [2.75, 3.05) is 0 Å². The Balaban J connectivity index is 1.71. The van der Waals surface area contributed by atoms with Gasteiger partial charge in [0.05, 0.1) is 18.3 Å². The van der Waals surface area contributed by atoms with Crippen LogP contribution in [-0.2, 0) is 8.85 Å². The van der Waals surface area contributed by atoms with E-state index in [-0.39, 0.29) is 11.5 Å². The molecule has 0 aliphatic heterocycles. The van der Waals surface area contributed by atoms with E-state index in [0.717, 1.165) is 24.7 Å². The largest absolute Gasteiger partial charge is 0.414 e. The molecule has 220 valence electrons. The molecule has 0 heterocycles. The molecule has 4 rings (SSSR count). The highest BCUT2D eigenvalue weighted by molar-refractivity contribution is 6.74. The zero-order chi connectivity index (χ0) is 27.9. The van der Waals surface area contributed by atoms with Gasteiger partial charge in [-0.3, -0.25) is 0 Å². The van der Waals surface area contributed by atoms with Crippen LogP contribution in [0.4, 0.5) is 0 Å². The van der Waals surface area contributed by atoms with Crippen molar-refractivity contribution in [3.05, 3.63) is 11.6 Å². The molecule has 0 spiro atoms. The molecule has 0 amide bonds. The minimum absolute atomic E-state index is 0.139. The third kappa shape index (κ3) is 5.01.